The number of imidazole rings is 1. The highest BCUT2D eigenvalue weighted by atomic mass is 35.5. The molecule has 2 fully saturated rings. The van der Waals surface area contributed by atoms with Gasteiger partial charge in [0.25, 0.3) is 5.91 Å². The van der Waals surface area contributed by atoms with E-state index in [4.69, 9.17) is 23.1 Å². The van der Waals surface area contributed by atoms with Crippen LogP contribution in [0.5, 0.6) is 5.88 Å². The van der Waals surface area contributed by atoms with Gasteiger partial charge in [-0.2, -0.15) is 13.2 Å². The molecule has 8 aromatic rings. The summed E-state index contributed by atoms with van der Waals surface area (Å²) in [6.45, 7) is -0.461. The predicted octanol–water partition coefficient (Wildman–Crippen LogP) is 5.23. The van der Waals surface area contributed by atoms with Crippen LogP contribution >= 0.6 is 11.6 Å². The largest absolute Gasteiger partial charge is 0.493 e. The Balaban J connectivity index is 1.23. The molecule has 2 aromatic carbocycles. The van der Waals surface area contributed by atoms with Gasteiger partial charge in [0, 0.05) is 97.7 Å². The summed E-state index contributed by atoms with van der Waals surface area (Å²) < 4.78 is 42.6. The van der Waals surface area contributed by atoms with E-state index in [2.05, 4.69) is 34.9 Å². The van der Waals surface area contributed by atoms with E-state index >= 15 is 33.6 Å². The maximum absolute atomic E-state index is 16.3. The van der Waals surface area contributed by atoms with E-state index in [1.165, 1.54) is 66.9 Å². The number of aromatic nitrogens is 7. The molecule has 4 atom stereocenters. The zero-order valence-electron chi connectivity index (χ0n) is 45.1. The minimum Gasteiger partial charge on any atom is -0.493 e. The van der Waals surface area contributed by atoms with Crippen LogP contribution in [0.15, 0.2) is 128 Å². The Morgan fingerprint density at radius 1 is 0.747 bits per heavy atom. The molecule has 0 bridgehead atoms. The number of ketones is 8. The standard InChI is InChI=1S/C59H43ClF3N12O12/c1-73(2)55(86)58(53(85)33-11-16-39(67-23-33)59(61,62)63)57(51(83)31-12-17-40(60)68-24-31,52(84)32-13-18-41(77)69-25-32)50(47(80)37-26-70-54(71-37)48(81)36-4-3-20-66-36)75(58)56(87)74-21-19-38(74)49(82)44-42(45(78)29-9-14-34(65)15-10-29)35(27-76)43(72-44)46(79)30-7-5-28(22-64)6-8-30/h3-18,20,23-26,38,50,66,72H,19,21-22,64-65H2,1-2H3,(H,69,77)(H,70,71). The molecule has 28 heteroatoms. The highest BCUT2D eigenvalue weighted by Crippen LogP contribution is 2.60. The Hall–Kier alpha value is -10.9. The Bertz CT molecular complexity index is 4110. The van der Waals surface area contributed by atoms with Crippen molar-refractivity contribution in [2.24, 2.45) is 11.1 Å². The normalized spacial score (nSPS) is 18.0. The van der Waals surface area contributed by atoms with Crippen molar-refractivity contribution in [2.75, 3.05) is 26.4 Å². The summed E-state index contributed by atoms with van der Waals surface area (Å²) >= 11 is 6.17. The number of likely N-dealkylation sites (tertiary alicyclic amines) is 2. The average molecular weight is 1200 g/mol. The number of carbonyl (C=O) groups is 10. The summed E-state index contributed by atoms with van der Waals surface area (Å²) in [5, 5.41) is 10.1. The molecule has 2 aliphatic rings. The van der Waals surface area contributed by atoms with Crippen LogP contribution in [0.3, 0.4) is 0 Å². The Morgan fingerprint density at radius 3 is 1.90 bits per heavy atom. The van der Waals surface area contributed by atoms with Gasteiger partial charge >= 0.3 is 12.2 Å². The fourth-order valence-corrected chi connectivity index (χ4v) is 10.8. The van der Waals surface area contributed by atoms with Gasteiger partial charge in [-0.3, -0.25) is 57.8 Å². The van der Waals surface area contributed by atoms with Gasteiger partial charge in [-0.25, -0.2) is 19.7 Å². The number of carbonyl (C=O) groups excluding carboxylic acids is 11. The topological polar surface area (TPSA) is 369 Å². The number of urea groups is 1. The molecule has 4 unspecified atom stereocenters. The van der Waals surface area contributed by atoms with Gasteiger partial charge < -0.3 is 41.3 Å². The first kappa shape index (κ1) is 59.2. The number of nitrogens with two attached hydrogens (primary N) is 2. The molecule has 439 valence electrons. The number of benzene rings is 2. The summed E-state index contributed by atoms with van der Waals surface area (Å²) in [7, 11) is 2.01. The summed E-state index contributed by atoms with van der Waals surface area (Å²) in [6, 6.07) is 12.0. The molecular weight excluding hydrogens is 1160 g/mol. The molecule has 24 nitrogen and oxygen atoms in total. The number of halogens is 4. The van der Waals surface area contributed by atoms with Crippen LogP contribution in [0.2, 0.25) is 5.15 Å². The highest BCUT2D eigenvalue weighted by molar-refractivity contribution is 6.38. The summed E-state index contributed by atoms with van der Waals surface area (Å²) in [5.41, 5.74) is -2.89. The number of nitrogens with one attached hydrogen (secondary N) is 3. The number of amides is 3. The average Bonchev–Trinajstić information content (AvgIpc) is 0.855. The number of hydrogen-bond acceptors (Lipinski definition) is 18. The van der Waals surface area contributed by atoms with Crippen LogP contribution in [0.25, 0.3) is 0 Å². The lowest BCUT2D eigenvalue weighted by atomic mass is 9.46. The Labute approximate surface area is 492 Å². The molecule has 0 spiro atoms. The third kappa shape index (κ3) is 9.72. The van der Waals surface area contributed by atoms with Crippen LogP contribution in [0.4, 0.5) is 23.7 Å². The molecule has 0 saturated carbocycles. The van der Waals surface area contributed by atoms with Gasteiger partial charge in [-0.1, -0.05) is 35.9 Å². The molecule has 2 aliphatic heterocycles. The molecule has 2 saturated heterocycles. The predicted molar refractivity (Wildman–Crippen MR) is 296 cm³/mol. The molecule has 87 heavy (non-hydrogen) atoms. The van der Waals surface area contributed by atoms with E-state index in [1.54, 1.807) is 6.29 Å². The monoisotopic (exact) mass is 1200 g/mol. The van der Waals surface area contributed by atoms with Crippen molar-refractivity contribution >= 4 is 81.8 Å². The van der Waals surface area contributed by atoms with Gasteiger partial charge in [0.15, 0.2) is 28.6 Å². The summed E-state index contributed by atoms with van der Waals surface area (Å²) in [5.74, 6) is -13.6. The van der Waals surface area contributed by atoms with Crippen molar-refractivity contribution in [2.45, 2.75) is 36.8 Å². The summed E-state index contributed by atoms with van der Waals surface area (Å²) in [4.78, 5) is 193. The number of alkyl halides is 3. The summed E-state index contributed by atoms with van der Waals surface area (Å²) in [6.07, 6.45) is 0.154. The first-order chi connectivity index (χ1) is 41.4. The zero-order valence-corrected chi connectivity index (χ0v) is 45.9. The Kier molecular flexibility index (Phi) is 15.4. The maximum atomic E-state index is 16.3. The third-order valence-corrected chi connectivity index (χ3v) is 15.2. The second kappa shape index (κ2) is 22.6. The second-order valence-electron chi connectivity index (χ2n) is 20.1. The van der Waals surface area contributed by atoms with E-state index < -0.39 is 156 Å². The second-order valence-corrected chi connectivity index (χ2v) is 20.5. The van der Waals surface area contributed by atoms with Crippen LogP contribution in [-0.4, -0.2) is 157 Å². The number of hydrogen-bond donors (Lipinski definition) is 6. The molecule has 8 heterocycles. The lowest BCUT2D eigenvalue weighted by Gasteiger charge is -2.66. The fourth-order valence-electron chi connectivity index (χ4n) is 10.7. The molecule has 8 N–H and O–H groups in total. The van der Waals surface area contributed by atoms with Crippen molar-refractivity contribution < 1.29 is 71.0 Å². The maximum Gasteiger partial charge on any atom is 0.433 e. The zero-order chi connectivity index (χ0) is 62.6. The smallest absolute Gasteiger partial charge is 0.433 e. The van der Waals surface area contributed by atoms with Crippen LogP contribution in [0.1, 0.15) is 124 Å². The SMILES string of the molecule is CN(C)C(=O)C1(C(=O)c2ccc(C(F)(F)F)nc2)N(C(=O)N2CCC2C(=O)c2[nH]c(C(=O)c3ccc(CN)cc3)c([C]=O)c2C(=O)c2ccc(N)cc2)C(C(=O)c2c[nH]c(C(=O)c3ccc[nH]3)n2)C1(C(=O)c1ccc(O)nc1)C(=O)c1ccc(Cl)nc1. The van der Waals surface area contributed by atoms with Crippen molar-refractivity contribution in [3.8, 4) is 5.88 Å². The molecule has 0 aliphatic carbocycles. The molecular formula is C59H43ClF3N12O12. The van der Waals surface area contributed by atoms with E-state index in [9.17, 15) is 37.5 Å². The van der Waals surface area contributed by atoms with E-state index in [0.717, 1.165) is 50.8 Å². The Morgan fingerprint density at radius 2 is 1.36 bits per heavy atom. The number of nitrogen functional groups attached to an aromatic ring is 1. The number of H-pyrrole nitrogens is 3. The van der Waals surface area contributed by atoms with Gasteiger partial charge in [-0.05, 0) is 78.7 Å². The lowest BCUT2D eigenvalue weighted by molar-refractivity contribution is -0.161. The first-order valence-electron chi connectivity index (χ1n) is 25.9. The van der Waals surface area contributed by atoms with Crippen molar-refractivity contribution in [1.29, 1.82) is 0 Å². The van der Waals surface area contributed by atoms with Gasteiger partial charge in [-0.15, -0.1) is 0 Å². The lowest BCUT2D eigenvalue weighted by Crippen LogP contribution is -2.93. The highest BCUT2D eigenvalue weighted by Gasteiger charge is 2.87. The van der Waals surface area contributed by atoms with E-state index in [0.29, 0.717) is 39.9 Å². The van der Waals surface area contributed by atoms with E-state index in [-0.39, 0.29) is 45.5 Å². The van der Waals surface area contributed by atoms with Gasteiger partial charge in [0.2, 0.25) is 46.6 Å². The number of rotatable bonds is 19. The van der Waals surface area contributed by atoms with Gasteiger partial charge in [0.05, 0.1) is 28.2 Å². The minimum atomic E-state index is -5.14. The molecule has 10 rings (SSSR count). The number of pyridine rings is 3. The quantitative estimate of drug-likeness (QED) is 0.0261. The number of Topliss-reactive ketones (excluding diaryl/α,β-unsaturated/α-hetero) is 5. The van der Waals surface area contributed by atoms with Crippen molar-refractivity contribution in [3.63, 3.8) is 0 Å². The fraction of sp³-hybridized carbons (Fsp3) is 0.169. The van der Waals surface area contributed by atoms with Crippen LogP contribution in [0, 0.1) is 5.41 Å². The number of likely N-dealkylation sites (N-methyl/N-ethyl adjacent to an activating group) is 1. The van der Waals surface area contributed by atoms with Crippen molar-refractivity contribution in [3.05, 3.63) is 212 Å². The number of anilines is 1. The van der Waals surface area contributed by atoms with Crippen LogP contribution < -0.4 is 11.5 Å². The third-order valence-electron chi connectivity index (χ3n) is 15.0. The van der Waals surface area contributed by atoms with Gasteiger partial charge in [0.1, 0.15) is 28.6 Å². The van der Waals surface area contributed by atoms with Crippen LogP contribution in [-0.2, 0) is 22.3 Å². The minimum absolute atomic E-state index is 0.0538. The molecule has 3 amide bonds. The van der Waals surface area contributed by atoms with E-state index in [1.807, 2.05) is 0 Å². The first-order valence-corrected chi connectivity index (χ1v) is 26.3. The number of aromatic hydroxyl groups is 1. The molecule has 1 radical (unpaired) electrons. The van der Waals surface area contributed by atoms with Crippen molar-refractivity contribution in [1.82, 2.24) is 49.6 Å². The number of aromatic amines is 3. The molecule has 6 aromatic heterocycles. The number of nitrogens with zero attached hydrogens (tertiary/aromatic N) is 7.